The first-order valence-corrected chi connectivity index (χ1v) is 7.31. The summed E-state index contributed by atoms with van der Waals surface area (Å²) in [4.78, 5) is 16.7. The van der Waals surface area contributed by atoms with Crippen LogP contribution in [0.3, 0.4) is 0 Å². The Morgan fingerprint density at radius 3 is 2.65 bits per heavy atom. The molecule has 1 N–H and O–H groups in total. The predicted molar refractivity (Wildman–Crippen MR) is 79.3 cm³/mol. The van der Waals surface area contributed by atoms with Crippen LogP contribution in [-0.2, 0) is 0 Å². The van der Waals surface area contributed by atoms with E-state index in [1.54, 1.807) is 0 Å². The van der Waals surface area contributed by atoms with Crippen LogP contribution in [0.4, 0.5) is 11.5 Å². The van der Waals surface area contributed by atoms with Crippen LogP contribution in [0.25, 0.3) is 0 Å². The van der Waals surface area contributed by atoms with Crippen LogP contribution in [0.2, 0.25) is 5.15 Å². The fourth-order valence-corrected chi connectivity index (χ4v) is 2.58. The summed E-state index contributed by atoms with van der Waals surface area (Å²) in [5.74, 6) is 0.457. The van der Waals surface area contributed by atoms with Crippen molar-refractivity contribution in [1.29, 1.82) is 0 Å². The summed E-state index contributed by atoms with van der Waals surface area (Å²) in [7, 11) is 0. The Balaban J connectivity index is 1.85. The smallest absolute Gasteiger partial charge is 0.276 e. The van der Waals surface area contributed by atoms with Crippen LogP contribution < -0.4 is 5.32 Å². The van der Waals surface area contributed by atoms with Gasteiger partial charge in [-0.15, -0.1) is 0 Å². The van der Waals surface area contributed by atoms with E-state index in [0.29, 0.717) is 12.4 Å². The van der Waals surface area contributed by atoms with Gasteiger partial charge in [-0.25, -0.2) is 4.98 Å². The Morgan fingerprint density at radius 2 is 2.00 bits per heavy atom. The Hall–Kier alpha value is -1.40. The zero-order valence-electron chi connectivity index (χ0n) is 11.3. The van der Waals surface area contributed by atoms with E-state index in [9.17, 15) is 10.1 Å². The molecule has 1 fully saturated rings. The first kappa shape index (κ1) is 15.0. The van der Waals surface area contributed by atoms with Gasteiger partial charge in [-0.2, -0.15) is 0 Å². The molecule has 0 amide bonds. The number of rotatable bonds is 5. The van der Waals surface area contributed by atoms with Crippen molar-refractivity contribution < 1.29 is 4.92 Å². The molecule has 7 heteroatoms. The molecular weight excluding hydrogens is 280 g/mol. The van der Waals surface area contributed by atoms with Crippen molar-refractivity contribution in [2.45, 2.75) is 25.7 Å². The van der Waals surface area contributed by atoms with E-state index in [0.717, 1.165) is 19.6 Å². The molecule has 0 aromatic carbocycles. The number of pyridine rings is 1. The number of halogens is 1. The molecule has 0 unspecified atom stereocenters. The molecule has 1 aliphatic rings. The lowest BCUT2D eigenvalue weighted by molar-refractivity contribution is -0.384. The summed E-state index contributed by atoms with van der Waals surface area (Å²) in [6, 6.07) is 2.66. The highest BCUT2D eigenvalue weighted by molar-refractivity contribution is 6.29. The van der Waals surface area contributed by atoms with Gasteiger partial charge in [-0.05, 0) is 25.9 Å². The lowest BCUT2D eigenvalue weighted by atomic mass is 10.2. The third-order valence-corrected chi connectivity index (χ3v) is 3.62. The second-order valence-electron chi connectivity index (χ2n) is 4.97. The second-order valence-corrected chi connectivity index (χ2v) is 5.36. The maximum Gasteiger partial charge on any atom is 0.276 e. The second kappa shape index (κ2) is 7.40. The van der Waals surface area contributed by atoms with Gasteiger partial charge in [0.1, 0.15) is 11.0 Å². The number of aromatic nitrogens is 1. The summed E-state index contributed by atoms with van der Waals surface area (Å²) in [6.45, 7) is 3.89. The van der Waals surface area contributed by atoms with E-state index >= 15 is 0 Å². The van der Waals surface area contributed by atoms with E-state index in [2.05, 4.69) is 15.2 Å². The molecule has 1 aromatic heterocycles. The van der Waals surface area contributed by atoms with Gasteiger partial charge >= 0.3 is 0 Å². The Morgan fingerprint density at radius 1 is 1.30 bits per heavy atom. The Kier molecular flexibility index (Phi) is 5.55. The maximum atomic E-state index is 10.7. The molecule has 0 radical (unpaired) electrons. The molecule has 0 saturated carbocycles. The van der Waals surface area contributed by atoms with Crippen molar-refractivity contribution in [2.75, 3.05) is 31.5 Å². The van der Waals surface area contributed by atoms with Crippen molar-refractivity contribution in [1.82, 2.24) is 9.88 Å². The largest absolute Gasteiger partial charge is 0.369 e. The van der Waals surface area contributed by atoms with E-state index in [4.69, 9.17) is 11.6 Å². The average molecular weight is 299 g/mol. The van der Waals surface area contributed by atoms with Crippen LogP contribution in [0, 0.1) is 10.1 Å². The van der Waals surface area contributed by atoms with Crippen LogP contribution in [0.15, 0.2) is 12.1 Å². The summed E-state index contributed by atoms with van der Waals surface area (Å²) >= 11 is 5.78. The fourth-order valence-electron chi connectivity index (χ4n) is 2.38. The van der Waals surface area contributed by atoms with E-state index < -0.39 is 4.92 Å². The van der Waals surface area contributed by atoms with Crippen LogP contribution in [-0.4, -0.2) is 41.0 Å². The third-order valence-electron chi connectivity index (χ3n) is 3.42. The molecule has 2 heterocycles. The maximum absolute atomic E-state index is 10.7. The van der Waals surface area contributed by atoms with Gasteiger partial charge in [-0.1, -0.05) is 24.4 Å². The first-order chi connectivity index (χ1) is 9.65. The summed E-state index contributed by atoms with van der Waals surface area (Å²) in [5, 5.41) is 14.0. The monoisotopic (exact) mass is 298 g/mol. The van der Waals surface area contributed by atoms with Crippen molar-refractivity contribution in [3.63, 3.8) is 0 Å². The minimum atomic E-state index is -0.465. The van der Waals surface area contributed by atoms with Crippen LogP contribution in [0.5, 0.6) is 0 Å². The average Bonchev–Trinajstić information content (AvgIpc) is 2.67. The lowest BCUT2D eigenvalue weighted by Gasteiger charge is -2.19. The zero-order chi connectivity index (χ0) is 14.4. The fraction of sp³-hybridized carbons (Fsp3) is 0.615. The van der Waals surface area contributed by atoms with Crippen molar-refractivity contribution >= 4 is 23.1 Å². The Labute approximate surface area is 123 Å². The van der Waals surface area contributed by atoms with Gasteiger partial charge in [0, 0.05) is 13.1 Å². The highest BCUT2D eigenvalue weighted by Crippen LogP contribution is 2.20. The standard InChI is InChI=1S/C13H19ClN4O2/c14-12-9-11(18(19)20)10-13(16-12)15-5-8-17-6-3-1-2-4-7-17/h9-10H,1-8H2,(H,15,16). The van der Waals surface area contributed by atoms with Crippen molar-refractivity contribution in [3.05, 3.63) is 27.4 Å². The number of nitro groups is 1. The van der Waals surface area contributed by atoms with Crippen LogP contribution in [0.1, 0.15) is 25.7 Å². The number of likely N-dealkylation sites (tertiary alicyclic amines) is 1. The minimum Gasteiger partial charge on any atom is -0.369 e. The normalized spacial score (nSPS) is 16.6. The third kappa shape index (κ3) is 4.61. The first-order valence-electron chi connectivity index (χ1n) is 6.93. The van der Waals surface area contributed by atoms with Crippen LogP contribution >= 0.6 is 11.6 Å². The molecular formula is C13H19ClN4O2. The lowest BCUT2D eigenvalue weighted by Crippen LogP contribution is -2.30. The molecule has 0 spiro atoms. The van der Waals surface area contributed by atoms with E-state index in [1.807, 2.05) is 0 Å². The van der Waals surface area contributed by atoms with Gasteiger partial charge in [0.05, 0.1) is 17.1 Å². The molecule has 20 heavy (non-hydrogen) atoms. The molecule has 110 valence electrons. The predicted octanol–water partition coefficient (Wildman–Crippen LogP) is 2.93. The topological polar surface area (TPSA) is 71.3 Å². The highest BCUT2D eigenvalue weighted by atomic mass is 35.5. The molecule has 0 bridgehead atoms. The number of hydrogen-bond donors (Lipinski definition) is 1. The molecule has 1 aromatic rings. The molecule has 0 atom stereocenters. The van der Waals surface area contributed by atoms with Gasteiger partial charge in [0.15, 0.2) is 0 Å². The van der Waals surface area contributed by atoms with Gasteiger partial charge < -0.3 is 10.2 Å². The molecule has 0 aliphatic carbocycles. The number of nitrogens with one attached hydrogen (secondary N) is 1. The zero-order valence-corrected chi connectivity index (χ0v) is 12.1. The summed E-state index contributed by atoms with van der Waals surface area (Å²) < 4.78 is 0. The quantitative estimate of drug-likeness (QED) is 0.514. The molecule has 1 saturated heterocycles. The summed E-state index contributed by atoms with van der Waals surface area (Å²) in [6.07, 6.45) is 5.12. The van der Waals surface area contributed by atoms with E-state index in [1.165, 1.54) is 37.8 Å². The summed E-state index contributed by atoms with van der Waals surface area (Å²) in [5.41, 5.74) is -0.0396. The van der Waals surface area contributed by atoms with Crippen molar-refractivity contribution in [3.8, 4) is 0 Å². The van der Waals surface area contributed by atoms with Crippen molar-refractivity contribution in [2.24, 2.45) is 0 Å². The minimum absolute atomic E-state index is 0.0396. The SMILES string of the molecule is O=[N+]([O-])c1cc(Cl)nc(NCCN2CCCCCC2)c1. The number of hydrogen-bond acceptors (Lipinski definition) is 5. The number of anilines is 1. The molecule has 6 nitrogen and oxygen atoms in total. The van der Waals surface area contributed by atoms with Gasteiger partial charge in [0.2, 0.25) is 0 Å². The number of nitrogens with zero attached hydrogens (tertiary/aromatic N) is 3. The van der Waals surface area contributed by atoms with Gasteiger partial charge in [0.25, 0.3) is 5.69 Å². The van der Waals surface area contributed by atoms with Gasteiger partial charge in [-0.3, -0.25) is 10.1 Å². The van der Waals surface area contributed by atoms with E-state index in [-0.39, 0.29) is 10.8 Å². The molecule has 2 rings (SSSR count). The Bertz CT molecular complexity index is 462. The highest BCUT2D eigenvalue weighted by Gasteiger charge is 2.11. The molecule has 1 aliphatic heterocycles.